The number of hydrogen-bond donors (Lipinski definition) is 0. The highest BCUT2D eigenvalue weighted by Gasteiger charge is 2.40. The van der Waals surface area contributed by atoms with Crippen LogP contribution >= 0.6 is 0 Å². The summed E-state index contributed by atoms with van der Waals surface area (Å²) in [4.78, 5) is 0. The molecule has 0 saturated heterocycles. The highest BCUT2D eigenvalue weighted by molar-refractivity contribution is 6.11. The molecule has 0 aliphatic carbocycles. The quantitative estimate of drug-likeness (QED) is 0.158. The minimum Gasteiger partial charge on any atom is -0.309 e. The molecule has 294 valence electrons. The first-order valence-electron chi connectivity index (χ1n) is 19.3. The number of para-hydroxylation sites is 2. The average Bonchev–Trinajstić information content (AvgIpc) is 3.61. The fraction of sp³-hybridized carbons (Fsp3) is 0.280. The fourth-order valence-corrected chi connectivity index (χ4v) is 7.60. The molecular weight excluding hydrogens is 724 g/mol. The van der Waals surface area contributed by atoms with Gasteiger partial charge in [0.15, 0.2) is 0 Å². The summed E-state index contributed by atoms with van der Waals surface area (Å²) in [6.45, 7) is 21.1. The molecule has 2 aromatic heterocycles. The maximum absolute atomic E-state index is 16.3. The third-order valence-corrected chi connectivity index (χ3v) is 10.2. The second-order valence-corrected chi connectivity index (χ2v) is 18.7. The number of hydrogen-bond acceptors (Lipinski definition) is 0. The first-order chi connectivity index (χ1) is 26.5. The third-order valence-electron chi connectivity index (χ3n) is 10.2. The zero-order valence-corrected chi connectivity index (χ0v) is 34.3. The highest BCUT2D eigenvalue weighted by atomic mass is 19.4. The van der Waals surface area contributed by atoms with Crippen molar-refractivity contribution in [3.8, 4) is 22.5 Å². The van der Waals surface area contributed by atoms with E-state index in [9.17, 15) is 8.78 Å². The lowest BCUT2D eigenvalue weighted by molar-refractivity contribution is -0.137. The van der Waals surface area contributed by atoms with Crippen molar-refractivity contribution < 1.29 is 22.0 Å². The predicted octanol–water partition coefficient (Wildman–Crippen LogP) is 15.5. The number of fused-ring (bicyclic) bond motifs is 6. The van der Waals surface area contributed by atoms with E-state index in [1.165, 1.54) is 6.07 Å². The second-order valence-electron chi connectivity index (χ2n) is 18.7. The Morgan fingerprint density at radius 2 is 0.860 bits per heavy atom. The zero-order valence-electron chi connectivity index (χ0n) is 34.3. The molecule has 0 radical (unpaired) electrons. The first-order valence-corrected chi connectivity index (χ1v) is 19.3. The monoisotopic (exact) mass is 772 g/mol. The molecule has 0 fully saturated rings. The van der Waals surface area contributed by atoms with Crippen LogP contribution in [0.4, 0.5) is 22.0 Å². The fourth-order valence-electron chi connectivity index (χ4n) is 7.60. The summed E-state index contributed by atoms with van der Waals surface area (Å²) in [6.07, 6.45) is -4.91. The van der Waals surface area contributed by atoms with Crippen molar-refractivity contribution in [2.75, 3.05) is 0 Å². The van der Waals surface area contributed by atoms with Crippen LogP contribution in [0.5, 0.6) is 0 Å². The van der Waals surface area contributed by atoms with E-state index in [1.807, 2.05) is 72.8 Å². The predicted molar refractivity (Wildman–Crippen MR) is 228 cm³/mol. The molecule has 0 saturated carbocycles. The van der Waals surface area contributed by atoms with Crippen molar-refractivity contribution in [2.24, 2.45) is 5.41 Å². The van der Waals surface area contributed by atoms with Crippen LogP contribution in [0.2, 0.25) is 0 Å². The molecule has 6 aromatic carbocycles. The van der Waals surface area contributed by atoms with Crippen LogP contribution < -0.4 is 0 Å². The van der Waals surface area contributed by atoms with E-state index < -0.39 is 23.4 Å². The summed E-state index contributed by atoms with van der Waals surface area (Å²) < 4.78 is 82.1. The van der Waals surface area contributed by atoms with Crippen molar-refractivity contribution in [2.45, 2.75) is 86.2 Å². The van der Waals surface area contributed by atoms with Gasteiger partial charge in [0.25, 0.3) is 0 Å². The Balaban J connectivity index is 0.000000935. The van der Waals surface area contributed by atoms with Crippen molar-refractivity contribution in [3.63, 3.8) is 0 Å². The normalized spacial score (nSPS) is 12.8. The number of halogens is 5. The van der Waals surface area contributed by atoms with Crippen LogP contribution in [0.15, 0.2) is 115 Å². The van der Waals surface area contributed by atoms with E-state index in [2.05, 4.69) is 69.2 Å². The molecule has 0 aliphatic rings. The molecule has 0 spiro atoms. The Morgan fingerprint density at radius 3 is 1.32 bits per heavy atom. The Bertz CT molecular complexity index is 2790. The molecule has 8 aromatic rings. The van der Waals surface area contributed by atoms with Gasteiger partial charge in [-0.25, -0.2) is 8.78 Å². The molecule has 2 heterocycles. The molecule has 57 heavy (non-hydrogen) atoms. The number of alkyl halides is 3. The van der Waals surface area contributed by atoms with Gasteiger partial charge in [-0.05, 0) is 75.4 Å². The molecule has 7 heteroatoms. The van der Waals surface area contributed by atoms with Crippen LogP contribution in [0, 0.1) is 17.0 Å². The average molecular weight is 773 g/mol. The molecular formula is C50H49F5N2. The van der Waals surface area contributed by atoms with Gasteiger partial charge in [-0.1, -0.05) is 136 Å². The lowest BCUT2D eigenvalue weighted by Gasteiger charge is -2.25. The van der Waals surface area contributed by atoms with Gasteiger partial charge in [0.1, 0.15) is 17.2 Å². The topological polar surface area (TPSA) is 9.86 Å². The number of nitrogens with zero attached hydrogens (tertiary/aromatic N) is 2. The van der Waals surface area contributed by atoms with E-state index in [0.717, 1.165) is 50.9 Å². The number of aromatic nitrogens is 2. The van der Waals surface area contributed by atoms with Crippen LogP contribution in [0.3, 0.4) is 0 Å². The maximum Gasteiger partial charge on any atom is 0.420 e. The van der Waals surface area contributed by atoms with Crippen LogP contribution in [0.1, 0.15) is 85.9 Å². The summed E-state index contributed by atoms with van der Waals surface area (Å²) in [5.74, 6) is -1.76. The first kappa shape index (κ1) is 39.8. The SMILES string of the molecule is CC(C)(C)C.CC(C)(C)c1ccc2c3ccccc3n(-c3ccc(-c4cc(F)cc(F)c4)c(-n4c5ccccc5c5ccc(C(C)(C)C)cc54)c3C(F)(F)F)c2c1. The van der Waals surface area contributed by atoms with Crippen molar-refractivity contribution in [1.82, 2.24) is 9.13 Å². The van der Waals surface area contributed by atoms with Gasteiger partial charge < -0.3 is 9.13 Å². The van der Waals surface area contributed by atoms with Gasteiger partial charge in [0, 0.05) is 33.2 Å². The minimum atomic E-state index is -4.91. The summed E-state index contributed by atoms with van der Waals surface area (Å²) in [6, 6.07) is 32.6. The number of benzene rings is 6. The van der Waals surface area contributed by atoms with Crippen LogP contribution in [-0.2, 0) is 17.0 Å². The summed E-state index contributed by atoms with van der Waals surface area (Å²) in [7, 11) is 0. The molecule has 0 bridgehead atoms. The second kappa shape index (κ2) is 13.9. The van der Waals surface area contributed by atoms with Crippen LogP contribution in [-0.4, -0.2) is 9.13 Å². The maximum atomic E-state index is 16.3. The van der Waals surface area contributed by atoms with Crippen molar-refractivity contribution >= 4 is 43.6 Å². The van der Waals surface area contributed by atoms with Gasteiger partial charge in [0.2, 0.25) is 0 Å². The lowest BCUT2D eigenvalue weighted by atomic mass is 9.86. The summed E-state index contributed by atoms with van der Waals surface area (Å²) in [5, 5.41) is 3.17. The lowest BCUT2D eigenvalue weighted by Crippen LogP contribution is -2.17. The van der Waals surface area contributed by atoms with Gasteiger partial charge in [-0.15, -0.1) is 0 Å². The van der Waals surface area contributed by atoms with E-state index in [-0.39, 0.29) is 33.3 Å². The Labute approximate surface area is 331 Å². The summed E-state index contributed by atoms with van der Waals surface area (Å²) in [5.41, 5.74) is 3.02. The van der Waals surface area contributed by atoms with E-state index in [1.54, 1.807) is 27.3 Å². The van der Waals surface area contributed by atoms with Crippen molar-refractivity contribution in [1.29, 1.82) is 0 Å². The van der Waals surface area contributed by atoms with Crippen LogP contribution in [0.25, 0.3) is 66.1 Å². The molecule has 0 aliphatic heterocycles. The largest absolute Gasteiger partial charge is 0.420 e. The standard InChI is InChI=1S/C45H37F5N2.C5H12/c1-43(2,3)27-15-17-34-32-11-7-9-13-36(32)51(39(34)23-27)38-20-19-31(26-21-29(46)25-30(47)22-26)42(41(38)45(48,49)50)52-37-14-10-8-12-33(37)35-18-16-28(24-40(35)52)44(4,5)6;1-5(2,3)4/h7-25H,1-6H3;1-4H3. The Kier molecular flexibility index (Phi) is 9.70. The van der Waals surface area contributed by atoms with Gasteiger partial charge >= 0.3 is 6.18 Å². The zero-order chi connectivity index (χ0) is 41.4. The molecule has 0 atom stereocenters. The third kappa shape index (κ3) is 7.57. The smallest absolute Gasteiger partial charge is 0.309 e. The molecule has 2 nitrogen and oxygen atoms in total. The van der Waals surface area contributed by atoms with Gasteiger partial charge in [-0.2, -0.15) is 13.2 Å². The van der Waals surface area contributed by atoms with E-state index in [0.29, 0.717) is 27.5 Å². The molecule has 8 rings (SSSR count). The molecule has 0 N–H and O–H groups in total. The Hall–Kier alpha value is -5.43. The minimum absolute atomic E-state index is 0.000279. The van der Waals surface area contributed by atoms with Gasteiger partial charge in [0.05, 0.1) is 33.4 Å². The van der Waals surface area contributed by atoms with E-state index in [4.69, 9.17) is 0 Å². The number of rotatable bonds is 3. The van der Waals surface area contributed by atoms with E-state index >= 15 is 13.2 Å². The highest BCUT2D eigenvalue weighted by Crippen LogP contribution is 2.48. The van der Waals surface area contributed by atoms with Crippen molar-refractivity contribution in [3.05, 3.63) is 144 Å². The Morgan fingerprint density at radius 1 is 0.439 bits per heavy atom. The molecule has 0 unspecified atom stereocenters. The molecule has 0 amide bonds. The summed E-state index contributed by atoms with van der Waals surface area (Å²) >= 11 is 0. The van der Waals surface area contributed by atoms with Gasteiger partial charge in [-0.3, -0.25) is 0 Å².